The minimum Gasteiger partial charge on any atom is -0.472 e. The maximum absolute atomic E-state index is 12.1. The summed E-state index contributed by atoms with van der Waals surface area (Å²) >= 11 is 1.22. The third-order valence-corrected chi connectivity index (χ3v) is 4.36. The molecule has 3 aromatic heterocycles. The number of tetrazole rings is 1. The van der Waals surface area contributed by atoms with Gasteiger partial charge in [0.15, 0.2) is 6.41 Å². The molecule has 1 aliphatic carbocycles. The molecule has 0 bridgehead atoms. The average Bonchev–Trinajstić information content (AvgIpc) is 3.03. The smallest absolute Gasteiger partial charge is 0.369 e. The van der Waals surface area contributed by atoms with Gasteiger partial charge in [-0.1, -0.05) is 0 Å². The maximum atomic E-state index is 12.1. The van der Waals surface area contributed by atoms with Gasteiger partial charge in [-0.25, -0.2) is 4.79 Å². The van der Waals surface area contributed by atoms with Crippen LogP contribution in [0.3, 0.4) is 0 Å². The highest BCUT2D eigenvalue weighted by atomic mass is 32.1. The lowest BCUT2D eigenvalue weighted by atomic mass is 10.2. The molecule has 4 rings (SSSR count). The normalized spacial score (nSPS) is 15.0. The van der Waals surface area contributed by atoms with Crippen LogP contribution >= 0.6 is 11.5 Å². The number of aromatic nitrogens is 7. The third-order valence-electron chi connectivity index (χ3n) is 3.48. The zero-order valence-corrected chi connectivity index (χ0v) is 12.5. The predicted octanol–water partition coefficient (Wildman–Crippen LogP) is 0.602. The quantitative estimate of drug-likeness (QED) is 0.738. The number of rotatable bonds is 5. The predicted molar refractivity (Wildman–Crippen MR) is 77.2 cm³/mol. The van der Waals surface area contributed by atoms with Crippen molar-refractivity contribution in [3.05, 3.63) is 34.0 Å². The highest BCUT2D eigenvalue weighted by molar-refractivity contribution is 7.08. The molecule has 1 fully saturated rings. The van der Waals surface area contributed by atoms with Crippen molar-refractivity contribution in [1.29, 1.82) is 0 Å². The van der Waals surface area contributed by atoms with Crippen molar-refractivity contribution in [2.24, 2.45) is 7.05 Å². The van der Waals surface area contributed by atoms with E-state index in [-0.39, 0.29) is 12.3 Å². The van der Waals surface area contributed by atoms with Gasteiger partial charge in [-0.15, -0.1) is 9.78 Å². The van der Waals surface area contributed by atoms with Crippen molar-refractivity contribution in [3.8, 4) is 10.9 Å². The van der Waals surface area contributed by atoms with Gasteiger partial charge in [-0.2, -0.15) is 9.06 Å². The minimum absolute atomic E-state index is 0.220. The SMILES string of the molecule is [3H]n1ccc(OCc2c(C3CC3)nsc2-n2nnn(C)c2=O)n1. The Balaban J connectivity index is 1.69. The summed E-state index contributed by atoms with van der Waals surface area (Å²) in [5.74, 6) is 0.769. The first-order valence-electron chi connectivity index (χ1n) is 7.24. The Bertz CT molecular complexity index is 907. The van der Waals surface area contributed by atoms with Crippen LogP contribution in [0.15, 0.2) is 17.1 Å². The molecule has 0 atom stereocenters. The van der Waals surface area contributed by atoms with E-state index < -0.39 is 0 Å². The van der Waals surface area contributed by atoms with Crippen LogP contribution in [0.4, 0.5) is 0 Å². The Kier molecular flexibility index (Phi) is 2.78. The molecule has 0 radical (unpaired) electrons. The Morgan fingerprint density at radius 3 is 3.05 bits per heavy atom. The molecule has 0 spiro atoms. The molecule has 9 nitrogen and oxygen atoms in total. The van der Waals surface area contributed by atoms with Crippen LogP contribution in [0.2, 0.25) is 1.41 Å². The van der Waals surface area contributed by atoms with Crippen LogP contribution in [-0.2, 0) is 13.7 Å². The second kappa shape index (κ2) is 5.05. The molecule has 0 amide bonds. The van der Waals surface area contributed by atoms with Crippen molar-refractivity contribution < 1.29 is 6.15 Å². The third kappa shape index (κ3) is 2.21. The molecule has 10 heteroatoms. The van der Waals surface area contributed by atoms with Crippen molar-refractivity contribution in [2.45, 2.75) is 25.4 Å². The van der Waals surface area contributed by atoms with E-state index in [0.29, 0.717) is 16.8 Å². The van der Waals surface area contributed by atoms with Crippen molar-refractivity contribution in [2.75, 3.05) is 0 Å². The monoisotopic (exact) mass is 321 g/mol. The summed E-state index contributed by atoms with van der Waals surface area (Å²) in [5, 5.41) is 13.0. The van der Waals surface area contributed by atoms with Gasteiger partial charge < -0.3 is 4.74 Å². The summed E-state index contributed by atoms with van der Waals surface area (Å²) in [6.07, 6.45) is 3.66. The Morgan fingerprint density at radius 1 is 1.55 bits per heavy atom. The fraction of sp³-hybridized carbons (Fsp3) is 0.417. The number of nitrogens with one attached hydrogen (secondary N) is 1. The van der Waals surface area contributed by atoms with Gasteiger partial charge in [0.25, 0.3) is 0 Å². The van der Waals surface area contributed by atoms with Gasteiger partial charge in [-0.3, -0.25) is 5.09 Å². The van der Waals surface area contributed by atoms with Gasteiger partial charge in [0.2, 0.25) is 5.88 Å². The second-order valence-corrected chi connectivity index (χ2v) is 5.83. The first kappa shape index (κ1) is 12.1. The maximum Gasteiger partial charge on any atom is 0.369 e. The fourth-order valence-corrected chi connectivity index (χ4v) is 3.09. The van der Waals surface area contributed by atoms with Crippen LogP contribution in [0, 0.1) is 0 Å². The number of aryl methyl sites for hydroxylation is 1. The largest absolute Gasteiger partial charge is 0.472 e. The van der Waals surface area contributed by atoms with E-state index >= 15 is 0 Å². The zero-order valence-electron chi connectivity index (χ0n) is 12.7. The highest BCUT2D eigenvalue weighted by Crippen LogP contribution is 2.43. The standard InChI is InChI=1S/C12H13N7O2S/c1-18-12(20)19(17-16-18)11-8(6-21-9-4-5-13-14-9)10(15-22-11)7-2-3-7/h4-5,7H,2-3,6H2,1H3,(H,13,14)/i/hT. The van der Waals surface area contributed by atoms with E-state index in [9.17, 15) is 4.79 Å². The molecule has 3 aromatic rings. The summed E-state index contributed by atoms with van der Waals surface area (Å²) in [7, 11) is 1.55. The summed E-state index contributed by atoms with van der Waals surface area (Å²) in [6.45, 7) is 0.220. The number of hydrogen-bond acceptors (Lipinski definition) is 7. The van der Waals surface area contributed by atoms with Crippen LogP contribution in [0.1, 0.15) is 30.0 Å². The second-order valence-electron chi connectivity index (χ2n) is 5.08. The zero-order chi connectivity index (χ0) is 16.0. The van der Waals surface area contributed by atoms with Gasteiger partial charge >= 0.3 is 5.69 Å². The fourth-order valence-electron chi connectivity index (χ4n) is 2.18. The molecule has 114 valence electrons. The van der Waals surface area contributed by atoms with Gasteiger partial charge in [0.05, 0.1) is 11.3 Å². The molecule has 0 aromatic carbocycles. The molecular formula is C12H13N7O2S. The molecule has 0 unspecified atom stereocenters. The number of hydrogen-bond donors (Lipinski definition) is 1. The Hall–Kier alpha value is -2.49. The number of aromatic amines is 1. The first-order chi connectivity index (χ1) is 11.1. The average molecular weight is 321 g/mol. The van der Waals surface area contributed by atoms with E-state index in [2.05, 4.69) is 19.9 Å². The molecular weight excluding hydrogens is 306 g/mol. The molecule has 22 heavy (non-hydrogen) atoms. The molecule has 1 saturated carbocycles. The first-order valence-corrected chi connectivity index (χ1v) is 7.56. The van der Waals surface area contributed by atoms with Crippen molar-refractivity contribution in [1.82, 2.24) is 34.4 Å². The summed E-state index contributed by atoms with van der Waals surface area (Å²) in [4.78, 5) is 12.1. The summed E-state index contributed by atoms with van der Waals surface area (Å²) in [5.41, 5.74) is 1.46. The van der Waals surface area contributed by atoms with Crippen LogP contribution in [-0.4, -0.2) is 34.4 Å². The molecule has 1 N–H and O–H groups in total. The minimum atomic E-state index is -0.326. The van der Waals surface area contributed by atoms with Gasteiger partial charge in [0.1, 0.15) is 6.61 Å². The Labute approximate surface area is 130 Å². The van der Waals surface area contributed by atoms with E-state index in [1.165, 1.54) is 27.1 Å². The molecule has 1 aliphatic rings. The molecule has 0 saturated heterocycles. The van der Waals surface area contributed by atoms with E-state index in [1.807, 2.05) is 0 Å². The number of ether oxygens (including phenoxy) is 1. The van der Waals surface area contributed by atoms with Crippen LogP contribution in [0.25, 0.3) is 5.00 Å². The Morgan fingerprint density at radius 2 is 2.41 bits per heavy atom. The van der Waals surface area contributed by atoms with Crippen LogP contribution in [0.5, 0.6) is 5.88 Å². The number of H-pyrrole nitrogens is 1. The lowest BCUT2D eigenvalue weighted by Gasteiger charge is -2.05. The lowest BCUT2D eigenvalue weighted by Crippen LogP contribution is -2.22. The van der Waals surface area contributed by atoms with Crippen molar-refractivity contribution >= 4 is 11.5 Å². The topological polar surface area (TPSA) is 104 Å². The highest BCUT2D eigenvalue weighted by Gasteiger charge is 2.32. The summed E-state index contributed by atoms with van der Waals surface area (Å²) in [6, 6.07) is 1.61. The molecule has 3 heterocycles. The summed E-state index contributed by atoms with van der Waals surface area (Å²) < 4.78 is 19.9. The van der Waals surface area contributed by atoms with Crippen LogP contribution < -0.4 is 10.4 Å². The molecule has 0 aliphatic heterocycles. The van der Waals surface area contributed by atoms with Crippen molar-refractivity contribution in [3.63, 3.8) is 0 Å². The van der Waals surface area contributed by atoms with Gasteiger partial charge in [0, 0.05) is 25.2 Å². The van der Waals surface area contributed by atoms with E-state index in [0.717, 1.165) is 29.2 Å². The van der Waals surface area contributed by atoms with Gasteiger partial charge in [-0.05, 0) is 34.8 Å². The number of nitrogens with zero attached hydrogens (tertiary/aromatic N) is 6. The lowest BCUT2D eigenvalue weighted by molar-refractivity contribution is 0.292. The van der Waals surface area contributed by atoms with E-state index in [1.54, 1.807) is 13.1 Å². The van der Waals surface area contributed by atoms with E-state index in [4.69, 9.17) is 6.15 Å².